The van der Waals surface area contributed by atoms with Crippen LogP contribution in [-0.4, -0.2) is 46.5 Å². The third kappa shape index (κ3) is 8.99. The summed E-state index contributed by atoms with van der Waals surface area (Å²) < 4.78 is -0.588. The Morgan fingerprint density at radius 1 is 1.12 bits per heavy atom. The molecule has 1 aromatic carbocycles. The molecule has 0 bridgehead atoms. The summed E-state index contributed by atoms with van der Waals surface area (Å²) in [5.41, 5.74) is 3.98. The van der Waals surface area contributed by atoms with Gasteiger partial charge in [0.1, 0.15) is 6.04 Å². The van der Waals surface area contributed by atoms with Crippen molar-refractivity contribution in [2.24, 2.45) is 5.92 Å². The molecule has 2 atom stereocenters. The maximum atomic E-state index is 13.2. The second-order valence-corrected chi connectivity index (χ2v) is 10.7. The van der Waals surface area contributed by atoms with Gasteiger partial charge in [-0.2, -0.15) is 0 Å². The lowest BCUT2D eigenvalue weighted by molar-refractivity contribution is -0.136. The zero-order chi connectivity index (χ0) is 25.0. The number of aryl methyl sites for hydroxylation is 1. The van der Waals surface area contributed by atoms with Gasteiger partial charge >= 0.3 is 0 Å². The van der Waals surface area contributed by atoms with E-state index in [1.165, 1.54) is 5.57 Å². The van der Waals surface area contributed by atoms with E-state index in [9.17, 15) is 14.4 Å². The molecule has 0 spiro atoms. The van der Waals surface area contributed by atoms with Crippen molar-refractivity contribution in [3.63, 3.8) is 0 Å². The van der Waals surface area contributed by atoms with Crippen LogP contribution in [0.2, 0.25) is 0 Å². The number of carbonyl (C=O) groups is 3. The Labute approximate surface area is 206 Å². The fourth-order valence-electron chi connectivity index (χ4n) is 3.88. The number of amides is 3. The predicted octanol–water partition coefficient (Wildman–Crippen LogP) is 3.54. The minimum atomic E-state index is -0.781. The average Bonchev–Trinajstić information content (AvgIpc) is 2.85. The van der Waals surface area contributed by atoms with Crippen LogP contribution in [0.15, 0.2) is 54.1 Å². The number of rotatable bonds is 13. The SMILES string of the molecule is CNC(=O)C(NC(=O)C(CCCc1ccccc1)CC(=O)NO)C(C)(C)SCC1=CCCC=C1. The van der Waals surface area contributed by atoms with Crippen LogP contribution in [0.4, 0.5) is 0 Å². The van der Waals surface area contributed by atoms with E-state index in [1.54, 1.807) is 24.3 Å². The highest BCUT2D eigenvalue weighted by Gasteiger charge is 2.38. The highest BCUT2D eigenvalue weighted by Crippen LogP contribution is 2.32. The standard InChI is InChI=1S/C26H37N3O4S/c1-26(2,34-18-20-13-8-5-9-14-20)23(25(32)27-3)28-24(31)21(17-22(30)29-33)16-10-15-19-11-6-4-7-12-19/h4,6-8,11-14,21,23,33H,5,9-10,15-18H2,1-3H3,(H,27,32)(H,28,31)(H,29,30). The lowest BCUT2D eigenvalue weighted by atomic mass is 9.94. The first-order chi connectivity index (χ1) is 16.3. The van der Waals surface area contributed by atoms with Crippen molar-refractivity contribution in [2.45, 2.75) is 63.2 Å². The molecule has 3 amide bonds. The Balaban J connectivity index is 2.07. The largest absolute Gasteiger partial charge is 0.357 e. The number of allylic oxidation sites excluding steroid dienone is 3. The van der Waals surface area contributed by atoms with E-state index in [0.717, 1.165) is 30.6 Å². The van der Waals surface area contributed by atoms with E-state index >= 15 is 0 Å². The van der Waals surface area contributed by atoms with Crippen molar-refractivity contribution >= 4 is 29.5 Å². The third-order valence-corrected chi connectivity index (χ3v) is 7.42. The van der Waals surface area contributed by atoms with Gasteiger partial charge in [-0.1, -0.05) is 48.6 Å². The second-order valence-electron chi connectivity index (χ2n) is 9.02. The first kappa shape index (κ1) is 27.7. The van der Waals surface area contributed by atoms with Gasteiger partial charge < -0.3 is 10.6 Å². The van der Waals surface area contributed by atoms with Gasteiger partial charge in [-0.15, -0.1) is 11.8 Å². The topological polar surface area (TPSA) is 108 Å². The normalized spacial score (nSPS) is 15.1. The van der Waals surface area contributed by atoms with E-state index in [4.69, 9.17) is 5.21 Å². The van der Waals surface area contributed by atoms with Gasteiger partial charge in [0.25, 0.3) is 0 Å². The lowest BCUT2D eigenvalue weighted by Crippen LogP contribution is -2.57. The number of benzene rings is 1. The molecule has 8 heteroatoms. The fourth-order valence-corrected chi connectivity index (χ4v) is 4.96. The molecule has 7 nitrogen and oxygen atoms in total. The summed E-state index contributed by atoms with van der Waals surface area (Å²) in [4.78, 5) is 37.9. The minimum absolute atomic E-state index is 0.150. The zero-order valence-corrected chi connectivity index (χ0v) is 21.1. The van der Waals surface area contributed by atoms with Gasteiger partial charge in [-0.25, -0.2) is 5.48 Å². The summed E-state index contributed by atoms with van der Waals surface area (Å²) in [7, 11) is 1.55. The van der Waals surface area contributed by atoms with Gasteiger partial charge in [0.15, 0.2) is 0 Å². The van der Waals surface area contributed by atoms with Gasteiger partial charge in [-0.05, 0) is 57.1 Å². The Hall–Kier alpha value is -2.58. The van der Waals surface area contributed by atoms with Crippen LogP contribution in [0.3, 0.4) is 0 Å². The molecule has 2 unspecified atom stereocenters. The van der Waals surface area contributed by atoms with Crippen LogP contribution < -0.4 is 16.1 Å². The molecule has 1 aliphatic rings. The summed E-state index contributed by atoms with van der Waals surface area (Å²) in [6.07, 6.45) is 10.3. The number of carbonyl (C=O) groups excluding carboxylic acids is 3. The molecule has 34 heavy (non-hydrogen) atoms. The molecular formula is C26H37N3O4S. The molecule has 0 heterocycles. The maximum absolute atomic E-state index is 13.2. The molecule has 2 rings (SSSR count). The maximum Gasteiger partial charge on any atom is 0.244 e. The van der Waals surface area contributed by atoms with E-state index in [2.05, 4.69) is 28.9 Å². The van der Waals surface area contributed by atoms with Crippen LogP contribution >= 0.6 is 11.8 Å². The highest BCUT2D eigenvalue weighted by atomic mass is 32.2. The van der Waals surface area contributed by atoms with Crippen molar-refractivity contribution in [2.75, 3.05) is 12.8 Å². The van der Waals surface area contributed by atoms with E-state index in [-0.39, 0.29) is 18.2 Å². The molecule has 1 aromatic rings. The van der Waals surface area contributed by atoms with Gasteiger partial charge in [0, 0.05) is 29.9 Å². The summed E-state index contributed by atoms with van der Waals surface area (Å²) >= 11 is 1.61. The van der Waals surface area contributed by atoms with Gasteiger partial charge in [-0.3, -0.25) is 19.6 Å². The van der Waals surface area contributed by atoms with E-state index < -0.39 is 22.6 Å². The smallest absolute Gasteiger partial charge is 0.244 e. The zero-order valence-electron chi connectivity index (χ0n) is 20.3. The van der Waals surface area contributed by atoms with Gasteiger partial charge in [0.05, 0.1) is 0 Å². The van der Waals surface area contributed by atoms with Crippen LogP contribution in [0.5, 0.6) is 0 Å². The molecule has 0 saturated carbocycles. The Bertz CT molecular complexity index is 883. The number of likely N-dealkylation sites (N-methyl/N-ethyl adjacent to an activating group) is 1. The Morgan fingerprint density at radius 2 is 1.85 bits per heavy atom. The molecule has 0 aromatic heterocycles. The summed E-state index contributed by atoms with van der Waals surface area (Å²) in [6, 6.07) is 9.14. The number of nitrogens with one attached hydrogen (secondary N) is 3. The number of hydrogen-bond donors (Lipinski definition) is 4. The Kier molecular flexibility index (Phi) is 11.4. The first-order valence-electron chi connectivity index (χ1n) is 11.7. The van der Waals surface area contributed by atoms with Gasteiger partial charge in [0.2, 0.25) is 17.7 Å². The number of hydrogen-bond acceptors (Lipinski definition) is 5. The van der Waals surface area contributed by atoms with Crippen LogP contribution in [0.1, 0.15) is 51.5 Å². The monoisotopic (exact) mass is 487 g/mol. The summed E-state index contributed by atoms with van der Waals surface area (Å²) in [5, 5.41) is 14.5. The fraction of sp³-hybridized carbons (Fsp3) is 0.500. The van der Waals surface area contributed by atoms with Crippen molar-refractivity contribution in [1.29, 1.82) is 0 Å². The summed E-state index contributed by atoms with van der Waals surface area (Å²) in [6.45, 7) is 3.88. The minimum Gasteiger partial charge on any atom is -0.357 e. The van der Waals surface area contributed by atoms with Crippen LogP contribution in [0, 0.1) is 5.92 Å². The lowest BCUT2D eigenvalue weighted by Gasteiger charge is -2.34. The van der Waals surface area contributed by atoms with Crippen molar-refractivity contribution < 1.29 is 19.6 Å². The quantitative estimate of drug-likeness (QED) is 0.251. The molecular weight excluding hydrogens is 450 g/mol. The molecule has 186 valence electrons. The first-order valence-corrected chi connectivity index (χ1v) is 12.7. The van der Waals surface area contributed by atoms with Crippen molar-refractivity contribution in [3.8, 4) is 0 Å². The number of thioether (sulfide) groups is 1. The predicted molar refractivity (Wildman–Crippen MR) is 136 cm³/mol. The van der Waals surface area contributed by atoms with E-state index in [1.807, 2.05) is 44.2 Å². The highest BCUT2D eigenvalue weighted by molar-refractivity contribution is 8.00. The van der Waals surface area contributed by atoms with Crippen molar-refractivity contribution in [3.05, 3.63) is 59.7 Å². The summed E-state index contributed by atoms with van der Waals surface area (Å²) in [5.74, 6) is -1.20. The molecule has 0 aliphatic heterocycles. The molecule has 0 fully saturated rings. The third-order valence-electron chi connectivity index (χ3n) is 5.96. The van der Waals surface area contributed by atoms with Crippen LogP contribution in [0.25, 0.3) is 0 Å². The van der Waals surface area contributed by atoms with Crippen molar-refractivity contribution in [1.82, 2.24) is 16.1 Å². The molecule has 0 saturated heterocycles. The molecule has 0 radical (unpaired) electrons. The van der Waals surface area contributed by atoms with Crippen LogP contribution in [-0.2, 0) is 20.8 Å². The molecule has 1 aliphatic carbocycles. The second kappa shape index (κ2) is 14.0. The molecule has 4 N–H and O–H groups in total. The Morgan fingerprint density at radius 3 is 2.47 bits per heavy atom. The number of hydroxylamine groups is 1. The van der Waals surface area contributed by atoms with E-state index in [0.29, 0.717) is 12.8 Å². The average molecular weight is 488 g/mol.